The Morgan fingerprint density at radius 3 is 2.06 bits per heavy atom. The Labute approximate surface area is 292 Å². The van der Waals surface area contributed by atoms with Crippen LogP contribution in [0.3, 0.4) is 0 Å². The summed E-state index contributed by atoms with van der Waals surface area (Å²) in [6.45, 7) is 6.89. The first kappa shape index (κ1) is 36.3. The second kappa shape index (κ2) is 16.0. The van der Waals surface area contributed by atoms with Crippen molar-refractivity contribution in [3.63, 3.8) is 0 Å². The number of hydrogen-bond donors (Lipinski definition) is 1. The molecule has 0 aromatic heterocycles. The Hall–Kier alpha value is -3.56. The number of carbonyl (C=O) groups is 2. The molecule has 47 heavy (non-hydrogen) atoms. The normalized spacial score (nSPS) is 12.7. The van der Waals surface area contributed by atoms with Crippen LogP contribution in [-0.2, 0) is 32.6 Å². The van der Waals surface area contributed by atoms with Gasteiger partial charge in [0.2, 0.25) is 11.8 Å². The fourth-order valence-corrected chi connectivity index (χ4v) is 7.04. The summed E-state index contributed by atoms with van der Waals surface area (Å²) < 4.78 is 29.5. The smallest absolute Gasteiger partial charge is 0.264 e. The summed E-state index contributed by atoms with van der Waals surface area (Å²) in [5, 5.41) is 4.02. The second-order valence-electron chi connectivity index (χ2n) is 11.5. The molecule has 11 heteroatoms. The van der Waals surface area contributed by atoms with Crippen molar-refractivity contribution in [3.05, 3.63) is 128 Å². The highest BCUT2D eigenvalue weighted by atomic mass is 35.5. The van der Waals surface area contributed by atoms with Crippen LogP contribution in [0.1, 0.15) is 42.5 Å². The van der Waals surface area contributed by atoms with Crippen molar-refractivity contribution in [1.82, 2.24) is 10.2 Å². The number of nitrogens with zero attached hydrogens (tertiary/aromatic N) is 2. The molecule has 0 saturated heterocycles. The van der Waals surface area contributed by atoms with Crippen molar-refractivity contribution < 1.29 is 18.0 Å². The van der Waals surface area contributed by atoms with Gasteiger partial charge in [-0.2, -0.15) is 0 Å². The predicted octanol–water partition coefficient (Wildman–Crippen LogP) is 8.01. The first-order chi connectivity index (χ1) is 22.3. The van der Waals surface area contributed by atoms with Crippen LogP contribution in [0.2, 0.25) is 15.1 Å². The first-order valence-corrected chi connectivity index (χ1v) is 17.8. The first-order valence-electron chi connectivity index (χ1n) is 15.2. The van der Waals surface area contributed by atoms with E-state index in [2.05, 4.69) is 5.32 Å². The maximum atomic E-state index is 14.7. The molecule has 0 radical (unpaired) electrons. The fraction of sp³-hybridized carbons (Fsp3) is 0.278. The lowest BCUT2D eigenvalue weighted by atomic mass is 10.0. The zero-order valence-electron chi connectivity index (χ0n) is 26.7. The van der Waals surface area contributed by atoms with Gasteiger partial charge in [-0.3, -0.25) is 13.9 Å². The molecule has 0 fully saturated rings. The minimum atomic E-state index is -4.27. The lowest BCUT2D eigenvalue weighted by Gasteiger charge is -2.34. The molecule has 7 nitrogen and oxygen atoms in total. The van der Waals surface area contributed by atoms with Crippen LogP contribution in [0.15, 0.2) is 95.9 Å². The molecule has 0 spiro atoms. The van der Waals surface area contributed by atoms with Crippen LogP contribution < -0.4 is 9.62 Å². The van der Waals surface area contributed by atoms with Crippen molar-refractivity contribution in [1.29, 1.82) is 0 Å². The number of sulfonamides is 1. The van der Waals surface area contributed by atoms with E-state index in [0.29, 0.717) is 32.7 Å². The van der Waals surface area contributed by atoms with Gasteiger partial charge in [0.25, 0.3) is 10.0 Å². The molecule has 0 heterocycles. The Morgan fingerprint density at radius 2 is 1.47 bits per heavy atom. The zero-order chi connectivity index (χ0) is 34.3. The van der Waals surface area contributed by atoms with E-state index in [1.54, 1.807) is 36.4 Å². The fourth-order valence-electron chi connectivity index (χ4n) is 4.99. The minimum Gasteiger partial charge on any atom is -0.352 e. The van der Waals surface area contributed by atoms with E-state index in [1.165, 1.54) is 29.2 Å². The number of hydrogen-bond acceptors (Lipinski definition) is 4. The third kappa shape index (κ3) is 9.08. The standard InChI is InChI=1S/C36H38Cl3N3O4S/c1-5-26(4)40-36(44)34(21-27-10-7-6-8-11-27)41(22-31-32(38)12-9-13-33(31)39)35(43)23-42(29-17-14-24(2)25(3)20-29)47(45,46)30-18-15-28(37)16-19-30/h6-20,26,34H,5,21-23H2,1-4H3,(H,40,44)/t26-,34-/m1/s1. The van der Waals surface area contributed by atoms with Crippen LogP contribution in [0.25, 0.3) is 0 Å². The molecule has 0 unspecified atom stereocenters. The van der Waals surface area contributed by atoms with Gasteiger partial charge in [0.05, 0.1) is 10.6 Å². The highest BCUT2D eigenvalue weighted by Crippen LogP contribution is 2.30. The molecule has 2 amide bonds. The zero-order valence-corrected chi connectivity index (χ0v) is 29.8. The van der Waals surface area contributed by atoms with Gasteiger partial charge >= 0.3 is 0 Å². The van der Waals surface area contributed by atoms with Gasteiger partial charge in [0.15, 0.2) is 0 Å². The lowest BCUT2D eigenvalue weighted by molar-refractivity contribution is -0.140. The SMILES string of the molecule is CC[C@@H](C)NC(=O)[C@@H](Cc1ccccc1)N(Cc1c(Cl)cccc1Cl)C(=O)CN(c1ccc(C)c(C)c1)S(=O)(=O)c1ccc(Cl)cc1. The molecule has 4 aromatic carbocycles. The average molecular weight is 715 g/mol. The van der Waals surface area contributed by atoms with Crippen molar-refractivity contribution in [2.24, 2.45) is 0 Å². The summed E-state index contributed by atoms with van der Waals surface area (Å²) in [4.78, 5) is 30.0. The number of amides is 2. The number of carbonyl (C=O) groups excluding carboxylic acids is 2. The van der Waals surface area contributed by atoms with E-state index in [4.69, 9.17) is 34.8 Å². The summed E-state index contributed by atoms with van der Waals surface area (Å²) in [5.41, 5.74) is 3.37. The summed E-state index contributed by atoms with van der Waals surface area (Å²) in [7, 11) is -4.27. The third-order valence-corrected chi connectivity index (χ3v) is 10.9. The van der Waals surface area contributed by atoms with Gasteiger partial charge in [0.1, 0.15) is 12.6 Å². The van der Waals surface area contributed by atoms with Gasteiger partial charge in [-0.15, -0.1) is 0 Å². The van der Waals surface area contributed by atoms with Crippen LogP contribution in [0.4, 0.5) is 5.69 Å². The molecule has 0 saturated carbocycles. The molecule has 4 aromatic rings. The van der Waals surface area contributed by atoms with Crippen molar-refractivity contribution >= 4 is 62.3 Å². The van der Waals surface area contributed by atoms with Crippen LogP contribution in [0, 0.1) is 13.8 Å². The highest BCUT2D eigenvalue weighted by Gasteiger charge is 2.35. The summed E-state index contributed by atoms with van der Waals surface area (Å²) in [6.07, 6.45) is 0.846. The van der Waals surface area contributed by atoms with E-state index >= 15 is 0 Å². The Balaban J connectivity index is 1.86. The quantitative estimate of drug-likeness (QED) is 0.152. The number of nitrogens with one attached hydrogen (secondary N) is 1. The average Bonchev–Trinajstić information content (AvgIpc) is 3.04. The van der Waals surface area contributed by atoms with Gasteiger partial charge in [-0.25, -0.2) is 8.42 Å². The number of aryl methyl sites for hydroxylation is 2. The summed E-state index contributed by atoms with van der Waals surface area (Å²) in [5.74, 6) is -0.991. The summed E-state index contributed by atoms with van der Waals surface area (Å²) >= 11 is 19.3. The van der Waals surface area contributed by atoms with Gasteiger partial charge in [-0.1, -0.05) is 84.2 Å². The Kier molecular flexibility index (Phi) is 12.4. The van der Waals surface area contributed by atoms with E-state index in [-0.39, 0.29) is 29.8 Å². The Morgan fingerprint density at radius 1 is 0.830 bits per heavy atom. The monoisotopic (exact) mass is 713 g/mol. The van der Waals surface area contributed by atoms with Crippen molar-refractivity contribution in [2.75, 3.05) is 10.8 Å². The van der Waals surface area contributed by atoms with E-state index < -0.39 is 28.5 Å². The number of benzene rings is 4. The van der Waals surface area contributed by atoms with E-state index in [0.717, 1.165) is 21.0 Å². The third-order valence-electron chi connectivity index (χ3n) is 8.12. The molecule has 0 aliphatic heterocycles. The van der Waals surface area contributed by atoms with Crippen LogP contribution >= 0.6 is 34.8 Å². The largest absolute Gasteiger partial charge is 0.352 e. The topological polar surface area (TPSA) is 86.8 Å². The lowest BCUT2D eigenvalue weighted by Crippen LogP contribution is -2.54. The van der Waals surface area contributed by atoms with E-state index in [1.807, 2.05) is 58.0 Å². The molecule has 4 rings (SSSR count). The second-order valence-corrected chi connectivity index (χ2v) is 14.6. The molecule has 0 aliphatic rings. The van der Waals surface area contributed by atoms with Crippen molar-refractivity contribution in [3.8, 4) is 0 Å². The Bertz CT molecular complexity index is 1800. The maximum Gasteiger partial charge on any atom is 0.264 e. The molecule has 2 atom stereocenters. The number of anilines is 1. The highest BCUT2D eigenvalue weighted by molar-refractivity contribution is 7.92. The summed E-state index contributed by atoms with van der Waals surface area (Å²) in [6, 6.07) is 24.1. The number of rotatable bonds is 13. The molecule has 1 N–H and O–H groups in total. The minimum absolute atomic E-state index is 0.0380. The maximum absolute atomic E-state index is 14.7. The number of halogens is 3. The molecule has 0 aliphatic carbocycles. The van der Waals surface area contributed by atoms with Crippen LogP contribution in [0.5, 0.6) is 0 Å². The van der Waals surface area contributed by atoms with Crippen LogP contribution in [-0.4, -0.2) is 43.8 Å². The molecule has 248 valence electrons. The molecular formula is C36H38Cl3N3O4S. The predicted molar refractivity (Wildman–Crippen MR) is 191 cm³/mol. The van der Waals surface area contributed by atoms with E-state index in [9.17, 15) is 18.0 Å². The van der Waals surface area contributed by atoms with Gasteiger partial charge in [0, 0.05) is 39.6 Å². The van der Waals surface area contributed by atoms with Gasteiger partial charge < -0.3 is 10.2 Å². The van der Waals surface area contributed by atoms with Gasteiger partial charge in [-0.05, 0) is 92.4 Å². The van der Waals surface area contributed by atoms with Crippen molar-refractivity contribution in [2.45, 2.75) is 64.1 Å². The molecular weight excluding hydrogens is 677 g/mol. The molecule has 0 bridgehead atoms.